The van der Waals surface area contributed by atoms with Crippen LogP contribution in [-0.4, -0.2) is 49.7 Å². The van der Waals surface area contributed by atoms with Crippen LogP contribution in [0, 0.1) is 0 Å². The smallest absolute Gasteiger partial charge is 0.361 e. The minimum Gasteiger partial charge on any atom is -0.493 e. The molecule has 0 bridgehead atoms. The molecule has 152 valence electrons. The van der Waals surface area contributed by atoms with Crippen molar-refractivity contribution < 1.29 is 19.0 Å². The predicted molar refractivity (Wildman–Crippen MR) is 109 cm³/mol. The van der Waals surface area contributed by atoms with Gasteiger partial charge in [-0.3, -0.25) is 0 Å². The Labute approximate surface area is 171 Å². The van der Waals surface area contributed by atoms with Crippen LogP contribution in [0.25, 0.3) is 0 Å². The highest BCUT2D eigenvalue weighted by molar-refractivity contribution is 5.87. The summed E-state index contributed by atoms with van der Waals surface area (Å²) >= 11 is 0. The van der Waals surface area contributed by atoms with Gasteiger partial charge in [-0.05, 0) is 62.3 Å². The van der Waals surface area contributed by atoms with E-state index in [1.807, 2.05) is 6.07 Å². The van der Waals surface area contributed by atoms with Crippen molar-refractivity contribution in [1.29, 1.82) is 0 Å². The summed E-state index contributed by atoms with van der Waals surface area (Å²) in [5.74, 6) is 1.78. The van der Waals surface area contributed by atoms with Crippen molar-refractivity contribution in [3.63, 3.8) is 0 Å². The molecule has 0 saturated carbocycles. The Balaban J connectivity index is 1.61. The van der Waals surface area contributed by atoms with Crippen LogP contribution in [0.5, 0.6) is 11.5 Å². The Hall–Kier alpha value is -2.86. The Morgan fingerprint density at radius 1 is 1.17 bits per heavy atom. The number of ether oxygens (including phenoxy) is 3. The van der Waals surface area contributed by atoms with Crippen molar-refractivity contribution in [2.75, 3.05) is 27.8 Å². The van der Waals surface area contributed by atoms with Crippen molar-refractivity contribution in [3.05, 3.63) is 65.7 Å². The molecule has 0 amide bonds. The van der Waals surface area contributed by atoms with Gasteiger partial charge in [0.2, 0.25) is 0 Å². The molecule has 1 aliphatic carbocycles. The Bertz CT molecular complexity index is 928. The monoisotopic (exact) mass is 394 g/mol. The topological polar surface area (TPSA) is 60.9 Å². The van der Waals surface area contributed by atoms with Gasteiger partial charge in [-0.2, -0.15) is 0 Å². The van der Waals surface area contributed by atoms with Crippen LogP contribution in [0.4, 0.5) is 0 Å². The molecule has 2 atom stereocenters. The number of benzene rings is 1. The molecule has 6 heteroatoms. The third kappa shape index (κ3) is 3.49. The summed E-state index contributed by atoms with van der Waals surface area (Å²) in [7, 11) is 5.44. The molecule has 2 heterocycles. The highest BCUT2D eigenvalue weighted by atomic mass is 16.5. The van der Waals surface area contributed by atoms with Gasteiger partial charge < -0.3 is 19.1 Å². The molecule has 2 aliphatic rings. The molecule has 1 aromatic heterocycles. The van der Waals surface area contributed by atoms with E-state index in [2.05, 4.69) is 35.1 Å². The average Bonchev–Trinajstić information content (AvgIpc) is 3.11. The second kappa shape index (κ2) is 7.87. The lowest BCUT2D eigenvalue weighted by Crippen LogP contribution is -2.43. The first-order valence-corrected chi connectivity index (χ1v) is 9.82. The summed E-state index contributed by atoms with van der Waals surface area (Å²) in [5.41, 5.74) is 1.52. The average molecular weight is 394 g/mol. The van der Waals surface area contributed by atoms with Gasteiger partial charge in [0.05, 0.1) is 14.2 Å². The van der Waals surface area contributed by atoms with E-state index in [1.54, 1.807) is 38.6 Å². The van der Waals surface area contributed by atoms with Crippen molar-refractivity contribution in [1.82, 2.24) is 9.88 Å². The molecule has 1 aliphatic heterocycles. The standard InChI is InChI=1S/C23H26N2O4/c1-25-13-11-23(16-7-8-19(27-2)20(14-16)28-3)10-9-17(15-21(23)25)29-22(26)18-6-4-5-12-24-18/h4-9,12,14,21H,10-11,13,15H2,1-3H3. The number of allylic oxidation sites excluding steroid dienone is 1. The number of esters is 1. The van der Waals surface area contributed by atoms with Gasteiger partial charge in [-0.1, -0.05) is 12.1 Å². The first-order chi connectivity index (χ1) is 14.1. The maximum absolute atomic E-state index is 12.4. The summed E-state index contributed by atoms with van der Waals surface area (Å²) < 4.78 is 16.6. The van der Waals surface area contributed by atoms with E-state index >= 15 is 0 Å². The molecule has 0 spiro atoms. The Kier molecular flexibility index (Phi) is 5.28. The van der Waals surface area contributed by atoms with Crippen molar-refractivity contribution >= 4 is 5.97 Å². The first kappa shape index (κ1) is 19.5. The minimum atomic E-state index is -0.406. The number of likely N-dealkylation sites (tertiary alicyclic amines) is 1. The molecule has 4 rings (SSSR count). The number of methoxy groups -OCH3 is 2. The normalized spacial score (nSPS) is 23.8. The van der Waals surface area contributed by atoms with Crippen LogP contribution in [0.15, 0.2) is 54.4 Å². The maximum Gasteiger partial charge on any atom is 0.361 e. The van der Waals surface area contributed by atoms with Crippen molar-refractivity contribution in [3.8, 4) is 11.5 Å². The van der Waals surface area contributed by atoms with Crippen molar-refractivity contribution in [2.24, 2.45) is 0 Å². The number of hydrogen-bond acceptors (Lipinski definition) is 6. The number of carbonyl (C=O) groups excluding carboxylic acids is 1. The van der Waals surface area contributed by atoms with Crippen molar-refractivity contribution in [2.45, 2.75) is 30.7 Å². The van der Waals surface area contributed by atoms with Crippen LogP contribution < -0.4 is 9.47 Å². The number of likely N-dealkylation sites (N-methyl/N-ethyl adjacent to an activating group) is 1. The fourth-order valence-corrected chi connectivity index (χ4v) is 4.62. The molecule has 0 N–H and O–H groups in total. The number of hydrogen-bond donors (Lipinski definition) is 0. The second-order valence-corrected chi connectivity index (χ2v) is 7.66. The fourth-order valence-electron chi connectivity index (χ4n) is 4.62. The quantitative estimate of drug-likeness (QED) is 0.723. The van der Waals surface area contributed by atoms with Crippen LogP contribution in [0.2, 0.25) is 0 Å². The number of carbonyl (C=O) groups is 1. The lowest BCUT2D eigenvalue weighted by atomic mass is 9.68. The molecule has 1 saturated heterocycles. The molecule has 0 radical (unpaired) electrons. The molecular weight excluding hydrogens is 368 g/mol. The maximum atomic E-state index is 12.4. The van der Waals surface area contributed by atoms with Gasteiger partial charge in [0, 0.05) is 24.1 Å². The molecular formula is C23H26N2O4. The molecule has 1 aromatic carbocycles. The summed E-state index contributed by atoms with van der Waals surface area (Å²) in [6.45, 7) is 0.994. The van der Waals surface area contributed by atoms with Gasteiger partial charge in [0.1, 0.15) is 11.5 Å². The summed E-state index contributed by atoms with van der Waals surface area (Å²) in [6.07, 6.45) is 6.19. The number of pyridine rings is 1. The Morgan fingerprint density at radius 2 is 2.00 bits per heavy atom. The highest BCUT2D eigenvalue weighted by Gasteiger charge is 2.49. The minimum absolute atomic E-state index is 0.0325. The van der Waals surface area contributed by atoms with Gasteiger partial charge in [-0.15, -0.1) is 0 Å². The zero-order chi connectivity index (χ0) is 20.4. The predicted octanol–water partition coefficient (Wildman–Crippen LogP) is 3.58. The van der Waals surface area contributed by atoms with E-state index < -0.39 is 5.97 Å². The van der Waals surface area contributed by atoms with Gasteiger partial charge in [0.25, 0.3) is 0 Å². The van der Waals surface area contributed by atoms with Gasteiger partial charge in [0.15, 0.2) is 11.5 Å². The van der Waals surface area contributed by atoms with Crippen LogP contribution in [0.1, 0.15) is 35.3 Å². The molecule has 6 nitrogen and oxygen atoms in total. The summed E-state index contributed by atoms with van der Waals surface area (Å²) in [6, 6.07) is 11.7. The zero-order valence-electron chi connectivity index (χ0n) is 17.1. The van der Waals surface area contributed by atoms with E-state index in [-0.39, 0.29) is 11.5 Å². The third-order valence-electron chi connectivity index (χ3n) is 6.23. The van der Waals surface area contributed by atoms with Gasteiger partial charge in [-0.25, -0.2) is 9.78 Å². The van der Waals surface area contributed by atoms with E-state index in [9.17, 15) is 4.79 Å². The second-order valence-electron chi connectivity index (χ2n) is 7.66. The number of aromatic nitrogens is 1. The Morgan fingerprint density at radius 3 is 2.72 bits per heavy atom. The third-order valence-corrected chi connectivity index (χ3v) is 6.23. The number of fused-ring (bicyclic) bond motifs is 1. The van der Waals surface area contributed by atoms with E-state index in [0.717, 1.165) is 36.6 Å². The summed E-state index contributed by atoms with van der Waals surface area (Å²) in [5, 5.41) is 0. The largest absolute Gasteiger partial charge is 0.493 e. The van der Waals surface area contributed by atoms with E-state index in [4.69, 9.17) is 14.2 Å². The number of rotatable bonds is 5. The highest BCUT2D eigenvalue weighted by Crippen LogP contribution is 2.49. The molecule has 2 unspecified atom stereocenters. The lowest BCUT2D eigenvalue weighted by molar-refractivity contribution is 0.0573. The van der Waals surface area contributed by atoms with E-state index in [0.29, 0.717) is 12.1 Å². The summed E-state index contributed by atoms with van der Waals surface area (Å²) in [4.78, 5) is 18.9. The van der Waals surface area contributed by atoms with Crippen LogP contribution in [-0.2, 0) is 10.2 Å². The van der Waals surface area contributed by atoms with Crippen LogP contribution in [0.3, 0.4) is 0 Å². The van der Waals surface area contributed by atoms with E-state index in [1.165, 1.54) is 5.56 Å². The fraction of sp³-hybridized carbons (Fsp3) is 0.391. The SMILES string of the molecule is COc1ccc(C23CC=C(OC(=O)c4ccccn4)CC2N(C)CC3)cc1OC. The van der Waals surface area contributed by atoms with Crippen LogP contribution >= 0.6 is 0 Å². The molecule has 29 heavy (non-hydrogen) atoms. The van der Waals surface area contributed by atoms with Gasteiger partial charge >= 0.3 is 5.97 Å². The first-order valence-electron chi connectivity index (χ1n) is 9.82. The number of nitrogens with zero attached hydrogens (tertiary/aromatic N) is 2. The lowest BCUT2D eigenvalue weighted by Gasteiger charge is -2.40. The zero-order valence-corrected chi connectivity index (χ0v) is 17.1. The molecule has 2 aromatic rings. The molecule has 1 fully saturated rings.